The quantitative estimate of drug-likeness (QED) is 0.262. The van der Waals surface area contributed by atoms with E-state index < -0.39 is 0 Å². The van der Waals surface area contributed by atoms with Gasteiger partial charge >= 0.3 is 0 Å². The molecule has 1 saturated heterocycles. The van der Waals surface area contributed by atoms with Crippen molar-refractivity contribution in [2.24, 2.45) is 16.8 Å². The second-order valence-corrected chi connectivity index (χ2v) is 8.11. The third-order valence-corrected chi connectivity index (χ3v) is 5.20. The fourth-order valence-corrected chi connectivity index (χ4v) is 3.82. The van der Waals surface area contributed by atoms with Crippen LogP contribution in [0.15, 0.2) is 29.3 Å². The summed E-state index contributed by atoms with van der Waals surface area (Å²) in [7, 11) is 0. The summed E-state index contributed by atoms with van der Waals surface area (Å²) in [6, 6.07) is 7.20. The van der Waals surface area contributed by atoms with E-state index in [9.17, 15) is 9.50 Å². The van der Waals surface area contributed by atoms with E-state index in [-0.39, 0.29) is 36.4 Å². The number of anilines is 1. The zero-order valence-corrected chi connectivity index (χ0v) is 20.4. The molecule has 1 unspecified atom stereocenters. The molecule has 1 aromatic rings. The number of guanidine groups is 1. The molecule has 3 N–H and O–H groups in total. The van der Waals surface area contributed by atoms with Crippen LogP contribution in [0.5, 0.6) is 0 Å². The minimum absolute atomic E-state index is 0. The van der Waals surface area contributed by atoms with Crippen LogP contribution in [0.3, 0.4) is 0 Å². The van der Waals surface area contributed by atoms with E-state index in [1.54, 1.807) is 12.1 Å². The van der Waals surface area contributed by atoms with Gasteiger partial charge in [0.25, 0.3) is 0 Å². The summed E-state index contributed by atoms with van der Waals surface area (Å²) in [4.78, 5) is 7.03. The van der Waals surface area contributed by atoms with Crippen molar-refractivity contribution in [2.45, 2.75) is 52.5 Å². The second-order valence-electron chi connectivity index (χ2n) is 8.11. The van der Waals surface area contributed by atoms with Gasteiger partial charge in [0.2, 0.25) is 0 Å². The van der Waals surface area contributed by atoms with E-state index in [1.807, 2.05) is 6.07 Å². The van der Waals surface area contributed by atoms with Crippen LogP contribution in [-0.2, 0) is 0 Å². The molecule has 0 aliphatic carbocycles. The van der Waals surface area contributed by atoms with E-state index in [0.717, 1.165) is 63.5 Å². The summed E-state index contributed by atoms with van der Waals surface area (Å²) in [6.45, 7) is 10.1. The minimum Gasteiger partial charge on any atom is -0.396 e. The first-order valence-corrected chi connectivity index (χ1v) is 10.7. The van der Waals surface area contributed by atoms with Crippen molar-refractivity contribution < 1.29 is 9.50 Å². The van der Waals surface area contributed by atoms with Gasteiger partial charge in [0.15, 0.2) is 5.96 Å². The summed E-state index contributed by atoms with van der Waals surface area (Å²) in [5.41, 5.74) is 0.958. The maximum Gasteiger partial charge on any atom is 0.191 e. The van der Waals surface area contributed by atoms with Gasteiger partial charge in [-0.05, 0) is 62.6 Å². The Kier molecular flexibility index (Phi) is 12.5. The lowest BCUT2D eigenvalue weighted by Gasteiger charge is -2.34. The molecule has 0 bridgehead atoms. The molecule has 1 aromatic carbocycles. The largest absolute Gasteiger partial charge is 0.396 e. The Labute approximate surface area is 192 Å². The normalized spacial score (nSPS) is 16.5. The van der Waals surface area contributed by atoms with Crippen molar-refractivity contribution in [1.82, 2.24) is 10.6 Å². The highest BCUT2D eigenvalue weighted by atomic mass is 127. The van der Waals surface area contributed by atoms with Crippen molar-refractivity contribution in [1.29, 1.82) is 0 Å². The van der Waals surface area contributed by atoms with Gasteiger partial charge in [0.1, 0.15) is 5.82 Å². The number of piperidine rings is 1. The molecule has 0 radical (unpaired) electrons. The van der Waals surface area contributed by atoms with Crippen molar-refractivity contribution in [3.05, 3.63) is 30.1 Å². The highest BCUT2D eigenvalue weighted by Gasteiger charge is 2.20. The number of halogens is 2. The van der Waals surface area contributed by atoms with Gasteiger partial charge in [0.05, 0.1) is 0 Å². The minimum atomic E-state index is -0.182. The molecular formula is C22H38FIN4O. The molecule has 1 aliphatic rings. The lowest BCUT2D eigenvalue weighted by molar-refractivity contribution is 0.245. The summed E-state index contributed by atoms with van der Waals surface area (Å²) in [5, 5.41) is 16.2. The van der Waals surface area contributed by atoms with E-state index >= 15 is 0 Å². The molecule has 29 heavy (non-hydrogen) atoms. The van der Waals surface area contributed by atoms with Gasteiger partial charge in [-0.1, -0.05) is 19.9 Å². The zero-order chi connectivity index (χ0) is 20.4. The van der Waals surface area contributed by atoms with E-state index in [1.165, 1.54) is 6.07 Å². The molecule has 5 nitrogen and oxygen atoms in total. The van der Waals surface area contributed by atoms with Crippen molar-refractivity contribution in [3.8, 4) is 0 Å². The van der Waals surface area contributed by atoms with Gasteiger partial charge in [-0.15, -0.1) is 24.0 Å². The number of nitrogens with zero attached hydrogens (tertiary/aromatic N) is 2. The van der Waals surface area contributed by atoms with Gasteiger partial charge in [0, 0.05) is 44.5 Å². The fourth-order valence-electron chi connectivity index (χ4n) is 3.82. The Morgan fingerprint density at radius 1 is 1.31 bits per heavy atom. The van der Waals surface area contributed by atoms with Crippen LogP contribution in [0, 0.1) is 17.7 Å². The molecule has 2 rings (SSSR count). The van der Waals surface area contributed by atoms with Gasteiger partial charge in [-0.3, -0.25) is 4.99 Å². The van der Waals surface area contributed by atoms with Crippen molar-refractivity contribution in [2.75, 3.05) is 37.7 Å². The topological polar surface area (TPSA) is 59.9 Å². The molecule has 1 aliphatic heterocycles. The molecular weight excluding hydrogens is 482 g/mol. The number of aliphatic hydroxyl groups excluding tert-OH is 1. The van der Waals surface area contributed by atoms with E-state index in [0.29, 0.717) is 17.9 Å². The summed E-state index contributed by atoms with van der Waals surface area (Å²) < 4.78 is 13.5. The number of hydrogen-bond donors (Lipinski definition) is 3. The Balaban J connectivity index is 0.00000420. The Hall–Kier alpha value is -1.09. The summed E-state index contributed by atoms with van der Waals surface area (Å²) in [6.07, 6.45) is 3.86. The molecule has 0 aromatic heterocycles. The first kappa shape index (κ1) is 25.9. The number of benzene rings is 1. The van der Waals surface area contributed by atoms with Crippen LogP contribution >= 0.6 is 24.0 Å². The Morgan fingerprint density at radius 2 is 2.03 bits per heavy atom. The van der Waals surface area contributed by atoms with Gasteiger partial charge in [-0.25, -0.2) is 4.39 Å². The maximum absolute atomic E-state index is 13.5. The summed E-state index contributed by atoms with van der Waals surface area (Å²) in [5.74, 6) is 1.70. The van der Waals surface area contributed by atoms with E-state index in [4.69, 9.17) is 4.99 Å². The summed E-state index contributed by atoms with van der Waals surface area (Å²) >= 11 is 0. The van der Waals surface area contributed by atoms with E-state index in [2.05, 4.69) is 36.3 Å². The van der Waals surface area contributed by atoms with Crippen LogP contribution in [0.25, 0.3) is 0 Å². The van der Waals surface area contributed by atoms with Crippen molar-refractivity contribution >= 4 is 35.6 Å². The molecule has 0 amide bonds. The lowest BCUT2D eigenvalue weighted by Crippen LogP contribution is -2.49. The average Bonchev–Trinajstić information content (AvgIpc) is 2.66. The number of rotatable bonds is 9. The first-order valence-electron chi connectivity index (χ1n) is 10.7. The molecule has 0 spiro atoms. The molecule has 1 fully saturated rings. The van der Waals surface area contributed by atoms with Crippen molar-refractivity contribution in [3.63, 3.8) is 0 Å². The van der Waals surface area contributed by atoms with Gasteiger partial charge in [-0.2, -0.15) is 0 Å². The maximum atomic E-state index is 13.5. The van der Waals surface area contributed by atoms with Gasteiger partial charge < -0.3 is 20.6 Å². The Bertz CT molecular complexity index is 606. The smallest absolute Gasteiger partial charge is 0.191 e. The van der Waals surface area contributed by atoms with Crippen LogP contribution in [0.4, 0.5) is 10.1 Å². The lowest BCUT2D eigenvalue weighted by atomic mass is 9.94. The average molecular weight is 520 g/mol. The number of aliphatic hydroxyl groups is 1. The molecule has 0 saturated carbocycles. The first-order chi connectivity index (χ1) is 13.5. The van der Waals surface area contributed by atoms with Crippen LogP contribution < -0.4 is 15.5 Å². The third-order valence-electron chi connectivity index (χ3n) is 5.20. The van der Waals surface area contributed by atoms with Crippen LogP contribution in [-0.4, -0.2) is 49.9 Å². The predicted molar refractivity (Wildman–Crippen MR) is 131 cm³/mol. The standard InChI is InChI=1S/C22H37FN4O.HI/c1-4-24-22(25-16-18(10-13-28)14-17(2)3)26-20-8-11-27(12-9-20)21-7-5-6-19(23)15-21;/h5-7,15,17-18,20,28H,4,8-14,16H2,1-3H3,(H2,24,25,26);1H. The second kappa shape index (κ2) is 14.0. The van der Waals surface area contributed by atoms with Crippen LogP contribution in [0.2, 0.25) is 0 Å². The SMILES string of the molecule is CCNC(=NCC(CCO)CC(C)C)NC1CCN(c2cccc(F)c2)CC1.I. The number of nitrogens with one attached hydrogen (secondary N) is 2. The Morgan fingerprint density at radius 3 is 2.62 bits per heavy atom. The zero-order valence-electron chi connectivity index (χ0n) is 18.0. The highest BCUT2D eigenvalue weighted by molar-refractivity contribution is 14.0. The monoisotopic (exact) mass is 520 g/mol. The third kappa shape index (κ3) is 9.51. The highest BCUT2D eigenvalue weighted by Crippen LogP contribution is 2.21. The molecule has 7 heteroatoms. The number of hydrogen-bond acceptors (Lipinski definition) is 3. The number of aliphatic imine (C=N–C) groups is 1. The molecule has 166 valence electrons. The predicted octanol–water partition coefficient (Wildman–Crippen LogP) is 4.01. The van der Waals surface area contributed by atoms with Crippen LogP contribution in [0.1, 0.15) is 46.5 Å². The fraction of sp³-hybridized carbons (Fsp3) is 0.682. The molecule has 1 atom stereocenters. The molecule has 1 heterocycles.